The monoisotopic (exact) mass is 714 g/mol. The zero-order valence-corrected chi connectivity index (χ0v) is 31.4. The number of aromatic nitrogens is 2. The highest BCUT2D eigenvalue weighted by atomic mass is 32.1. The van der Waals surface area contributed by atoms with E-state index in [1.54, 1.807) is 13.3 Å². The van der Waals surface area contributed by atoms with Gasteiger partial charge in [-0.15, -0.1) is 11.3 Å². The van der Waals surface area contributed by atoms with Crippen LogP contribution in [0.1, 0.15) is 76.6 Å². The molecular formula is C39H50N6O5S. The second-order valence-corrected chi connectivity index (χ2v) is 15.4. The third-order valence-electron chi connectivity index (χ3n) is 10.0. The van der Waals surface area contributed by atoms with Gasteiger partial charge in [0.2, 0.25) is 5.91 Å². The molecule has 6 bridgehead atoms. The van der Waals surface area contributed by atoms with Gasteiger partial charge >= 0.3 is 5.97 Å². The Balaban J connectivity index is 1.52. The maximum Gasteiger partial charge on any atom is 0.324 e. The lowest BCUT2D eigenvalue weighted by molar-refractivity contribution is -0.155. The first-order valence-electron chi connectivity index (χ1n) is 18.0. The summed E-state index contributed by atoms with van der Waals surface area (Å²) in [5.74, 6) is -0.848. The van der Waals surface area contributed by atoms with Crippen molar-refractivity contribution in [3.05, 3.63) is 58.2 Å². The van der Waals surface area contributed by atoms with Gasteiger partial charge in [-0.2, -0.15) is 0 Å². The Morgan fingerprint density at radius 1 is 1.29 bits per heavy atom. The van der Waals surface area contributed by atoms with E-state index < -0.39 is 23.5 Å². The second-order valence-electron chi connectivity index (χ2n) is 14.5. The first-order valence-corrected chi connectivity index (χ1v) is 18.9. The average Bonchev–Trinajstić information content (AvgIpc) is 3.82. The maximum atomic E-state index is 13.9. The molecule has 2 amide bonds. The lowest BCUT2D eigenvalue weighted by Gasteiger charge is -2.35. The van der Waals surface area contributed by atoms with Gasteiger partial charge in [0.25, 0.3) is 5.91 Å². The molecule has 0 radical (unpaired) electrons. The number of ether oxygens (including phenoxy) is 2. The third-order valence-corrected chi connectivity index (χ3v) is 10.9. The number of allylic oxidation sites excluding steroid dienone is 2. The molecule has 0 spiro atoms. The summed E-state index contributed by atoms with van der Waals surface area (Å²) < 4.78 is 14.1. The molecule has 1 aromatic carbocycles. The molecule has 1 saturated carbocycles. The lowest BCUT2D eigenvalue weighted by Crippen LogP contribution is -2.60. The van der Waals surface area contributed by atoms with Crippen LogP contribution in [-0.4, -0.2) is 77.0 Å². The molecule has 3 aliphatic rings. The number of thiazole rings is 1. The minimum atomic E-state index is -0.814. The number of aliphatic imine (C=N–C) groups is 1. The Kier molecular flexibility index (Phi) is 10.9. The summed E-state index contributed by atoms with van der Waals surface area (Å²) in [5.41, 5.74) is 9.26. The van der Waals surface area contributed by atoms with E-state index in [1.165, 1.54) is 16.3 Å². The highest BCUT2D eigenvalue weighted by molar-refractivity contribution is 7.10. The number of rotatable bonds is 8. The number of carbonyl (C=O) groups is 3. The topological polar surface area (TPSA) is 127 Å². The molecule has 2 aromatic heterocycles. The quantitative estimate of drug-likeness (QED) is 0.170. The van der Waals surface area contributed by atoms with Gasteiger partial charge in [-0.25, -0.2) is 10.4 Å². The van der Waals surface area contributed by atoms with Gasteiger partial charge in [-0.3, -0.25) is 24.4 Å². The predicted octanol–water partition coefficient (Wildman–Crippen LogP) is 5.87. The van der Waals surface area contributed by atoms with Crippen molar-refractivity contribution < 1.29 is 23.9 Å². The van der Waals surface area contributed by atoms with Crippen LogP contribution < -0.4 is 10.7 Å². The number of esters is 1. The first kappa shape index (κ1) is 36.7. The molecule has 3 atom stereocenters. The number of amides is 2. The number of fused-ring (bicyclic) bond motifs is 6. The summed E-state index contributed by atoms with van der Waals surface area (Å²) in [6, 6.07) is 4.92. The van der Waals surface area contributed by atoms with Crippen molar-refractivity contribution in [2.75, 3.05) is 20.3 Å². The van der Waals surface area contributed by atoms with Crippen LogP contribution >= 0.6 is 11.3 Å². The molecule has 4 heterocycles. The Morgan fingerprint density at radius 2 is 2.08 bits per heavy atom. The van der Waals surface area contributed by atoms with E-state index in [0.29, 0.717) is 32.4 Å². The number of nitrogens with one attached hydrogen (secondary N) is 2. The summed E-state index contributed by atoms with van der Waals surface area (Å²) in [7, 11) is 1.68. The molecule has 11 nitrogen and oxygen atoms in total. The molecule has 2 fully saturated rings. The summed E-state index contributed by atoms with van der Waals surface area (Å²) >= 11 is 1.48. The fourth-order valence-corrected chi connectivity index (χ4v) is 7.96. The second kappa shape index (κ2) is 15.2. The highest BCUT2D eigenvalue weighted by Crippen LogP contribution is 2.40. The van der Waals surface area contributed by atoms with Gasteiger partial charge in [-0.05, 0) is 70.6 Å². The van der Waals surface area contributed by atoms with Gasteiger partial charge in [0.05, 0.1) is 34.8 Å². The molecular weight excluding hydrogens is 665 g/mol. The van der Waals surface area contributed by atoms with E-state index in [1.807, 2.05) is 25.3 Å². The molecule has 272 valence electrons. The molecule has 2 aliphatic heterocycles. The number of nitrogens with zero attached hydrogens (tertiary/aromatic N) is 4. The van der Waals surface area contributed by atoms with Gasteiger partial charge in [0.15, 0.2) is 0 Å². The number of hydrogen-bond donors (Lipinski definition) is 2. The van der Waals surface area contributed by atoms with Gasteiger partial charge in [-0.1, -0.05) is 32.6 Å². The van der Waals surface area contributed by atoms with Crippen molar-refractivity contribution >= 4 is 51.8 Å². The number of benzene rings is 1. The summed E-state index contributed by atoms with van der Waals surface area (Å²) in [5, 5.41) is 8.31. The van der Waals surface area contributed by atoms with Crippen molar-refractivity contribution in [1.29, 1.82) is 0 Å². The first-order chi connectivity index (χ1) is 24.5. The summed E-state index contributed by atoms with van der Waals surface area (Å²) in [4.78, 5) is 50.2. The van der Waals surface area contributed by atoms with E-state index in [9.17, 15) is 14.4 Å². The van der Waals surface area contributed by atoms with Crippen molar-refractivity contribution in [2.45, 2.75) is 97.9 Å². The average molecular weight is 715 g/mol. The van der Waals surface area contributed by atoms with Crippen LogP contribution in [0, 0.1) is 11.3 Å². The maximum absolute atomic E-state index is 13.9. The van der Waals surface area contributed by atoms with Crippen LogP contribution in [0.4, 0.5) is 0 Å². The van der Waals surface area contributed by atoms with Crippen LogP contribution in [0.5, 0.6) is 0 Å². The molecule has 1 aliphatic carbocycles. The Hall–Kier alpha value is -4.13. The van der Waals surface area contributed by atoms with Gasteiger partial charge < -0.3 is 19.4 Å². The number of aryl methyl sites for hydroxylation is 1. The van der Waals surface area contributed by atoms with E-state index >= 15 is 0 Å². The minimum Gasteiger partial charge on any atom is -0.464 e. The van der Waals surface area contributed by atoms with Crippen LogP contribution in [0.2, 0.25) is 0 Å². The zero-order valence-electron chi connectivity index (χ0n) is 30.6. The number of carbonyl (C=O) groups excluding carboxylic acids is 3. The van der Waals surface area contributed by atoms with E-state index in [2.05, 4.69) is 60.9 Å². The fourth-order valence-electron chi connectivity index (χ4n) is 7.11. The predicted molar refractivity (Wildman–Crippen MR) is 201 cm³/mol. The smallest absolute Gasteiger partial charge is 0.324 e. The Bertz CT molecular complexity index is 1880. The minimum absolute atomic E-state index is 0.0571. The van der Waals surface area contributed by atoms with E-state index in [-0.39, 0.29) is 36.9 Å². The van der Waals surface area contributed by atoms with Gasteiger partial charge in [0, 0.05) is 71.6 Å². The summed E-state index contributed by atoms with van der Waals surface area (Å²) in [6.07, 6.45) is 7.03. The fraction of sp³-hybridized carbons (Fsp3) is 0.513. The highest BCUT2D eigenvalue weighted by Gasteiger charge is 2.38. The Labute approximate surface area is 304 Å². The number of cyclic esters (lactones) is 1. The number of hydrogen-bond acceptors (Lipinski definition) is 9. The molecule has 1 saturated heterocycles. The molecule has 3 aromatic rings. The van der Waals surface area contributed by atoms with Crippen molar-refractivity contribution in [1.82, 2.24) is 25.3 Å². The lowest BCUT2D eigenvalue weighted by atomic mass is 9.84. The molecule has 12 heteroatoms. The van der Waals surface area contributed by atoms with Crippen molar-refractivity contribution in [3.8, 4) is 11.3 Å². The molecule has 6 rings (SSSR count). The van der Waals surface area contributed by atoms with Crippen LogP contribution in [-0.2, 0) is 43.2 Å². The SMILES string of the molecule is C=C/C(=C(\N=C/C)[C@H](C)OC)c1c2c3cc(ccc3n1CC)-c1csc(n1)C[C@H](NC(=O)C1CC1)C(=O)N1CCC[C@H](N1)C(=O)OCC(C)(C)C2. The molecule has 0 unspecified atom stereocenters. The molecule has 51 heavy (non-hydrogen) atoms. The van der Waals surface area contributed by atoms with E-state index in [4.69, 9.17) is 19.5 Å². The number of methoxy groups -OCH3 is 1. The van der Waals surface area contributed by atoms with Crippen LogP contribution in [0.15, 0.2) is 46.9 Å². The van der Waals surface area contributed by atoms with Crippen molar-refractivity contribution in [3.63, 3.8) is 0 Å². The number of hydrazine groups is 1. The largest absolute Gasteiger partial charge is 0.464 e. The Morgan fingerprint density at radius 3 is 2.76 bits per heavy atom. The third kappa shape index (κ3) is 7.73. The summed E-state index contributed by atoms with van der Waals surface area (Å²) in [6.45, 7) is 15.8. The van der Waals surface area contributed by atoms with Crippen molar-refractivity contribution in [2.24, 2.45) is 16.3 Å². The van der Waals surface area contributed by atoms with E-state index in [0.717, 1.165) is 62.5 Å². The normalized spacial score (nSPS) is 22.4. The van der Waals surface area contributed by atoms with Crippen LogP contribution in [0.25, 0.3) is 27.7 Å². The standard InChI is InChI=1S/C39H50N6O5S/c1-8-26(34(40-9-2)23(4)49-7)35-28-20-39(5,6)22-50-38(48)29-12-11-17-45(43-29)37(47)30(42-36(46)24-13-14-24)19-33-41-31(21-51-33)25-15-16-32(27(28)18-25)44(35)10-3/h8-9,15-16,18,21,23-24,29-30,43H,1,10-14,17,19-20,22H2,2-7H3,(H,42,46)/b34-26+,40-9-/t23-,29-,30-/m0/s1. The molecule has 2 N–H and O–H groups in total. The zero-order chi connectivity index (χ0) is 36.4. The van der Waals surface area contributed by atoms with Gasteiger partial charge in [0.1, 0.15) is 12.1 Å². The van der Waals surface area contributed by atoms with Crippen LogP contribution in [0.3, 0.4) is 0 Å².